The lowest BCUT2D eigenvalue weighted by atomic mass is 10.2. The average Bonchev–Trinajstić information content (AvgIpc) is 2.86. The average molecular weight is 273 g/mol. The molecule has 0 unspecified atom stereocenters. The Morgan fingerprint density at radius 1 is 1.40 bits per heavy atom. The maximum atomic E-state index is 11.8. The number of rotatable bonds is 6. The summed E-state index contributed by atoms with van der Waals surface area (Å²) in [7, 11) is 1.87. The smallest absolute Gasteiger partial charge is 0.226 e. The second-order valence-electron chi connectivity index (χ2n) is 4.63. The minimum atomic E-state index is 0.0148. The van der Waals surface area contributed by atoms with E-state index in [0.29, 0.717) is 12.3 Å². The van der Waals surface area contributed by atoms with Crippen LogP contribution in [0.5, 0.6) is 0 Å². The Hall–Kier alpha value is -2.14. The molecule has 0 spiro atoms. The van der Waals surface area contributed by atoms with E-state index in [1.807, 2.05) is 38.2 Å². The number of oxazole rings is 1. The van der Waals surface area contributed by atoms with Crippen LogP contribution < -0.4 is 10.6 Å². The molecule has 1 heterocycles. The van der Waals surface area contributed by atoms with Crippen molar-refractivity contribution in [2.24, 2.45) is 0 Å². The highest BCUT2D eigenvalue weighted by Crippen LogP contribution is 2.22. The van der Waals surface area contributed by atoms with Crippen molar-refractivity contribution in [3.8, 4) is 11.5 Å². The number of benzene rings is 1. The molecule has 0 radical (unpaired) electrons. The first-order chi connectivity index (χ1) is 9.69. The van der Waals surface area contributed by atoms with E-state index >= 15 is 0 Å². The maximum absolute atomic E-state index is 11.8. The van der Waals surface area contributed by atoms with Crippen LogP contribution in [0.1, 0.15) is 18.5 Å². The molecular formula is C15H19N3O2. The van der Waals surface area contributed by atoms with Gasteiger partial charge in [0.05, 0.1) is 5.69 Å². The Morgan fingerprint density at radius 3 is 2.95 bits per heavy atom. The highest BCUT2D eigenvalue weighted by molar-refractivity contribution is 5.91. The lowest BCUT2D eigenvalue weighted by molar-refractivity contribution is -0.116. The Bertz CT molecular complexity index is 578. The summed E-state index contributed by atoms with van der Waals surface area (Å²) in [6.07, 6.45) is 2.93. The van der Waals surface area contributed by atoms with Crippen LogP contribution in [-0.2, 0) is 4.79 Å². The summed E-state index contributed by atoms with van der Waals surface area (Å²) < 4.78 is 5.36. The normalized spacial score (nSPS) is 10.5. The Labute approximate surface area is 118 Å². The van der Waals surface area contributed by atoms with Crippen LogP contribution in [0, 0.1) is 6.92 Å². The molecule has 1 aromatic carbocycles. The molecule has 0 aliphatic rings. The fraction of sp³-hybridized carbons (Fsp3) is 0.333. The van der Waals surface area contributed by atoms with Gasteiger partial charge in [-0.2, -0.15) is 0 Å². The summed E-state index contributed by atoms with van der Waals surface area (Å²) in [4.78, 5) is 16.0. The van der Waals surface area contributed by atoms with Gasteiger partial charge in [0.2, 0.25) is 11.8 Å². The molecule has 0 saturated heterocycles. The number of nitrogens with one attached hydrogen (secondary N) is 2. The standard InChI is InChI=1S/C15H19N3O2/c1-11-10-20-15(17-11)12-5-3-6-13(9-12)18-14(19)7-4-8-16-2/h3,5-6,9-10,16H,4,7-8H2,1-2H3,(H,18,19). The summed E-state index contributed by atoms with van der Waals surface area (Å²) in [5, 5.41) is 5.90. The van der Waals surface area contributed by atoms with Crippen molar-refractivity contribution in [1.82, 2.24) is 10.3 Å². The molecule has 0 fully saturated rings. The van der Waals surface area contributed by atoms with Gasteiger partial charge in [0.1, 0.15) is 6.26 Å². The van der Waals surface area contributed by atoms with Crippen molar-refractivity contribution in [3.63, 3.8) is 0 Å². The van der Waals surface area contributed by atoms with Crippen LogP contribution in [0.2, 0.25) is 0 Å². The van der Waals surface area contributed by atoms with E-state index in [4.69, 9.17) is 4.42 Å². The SMILES string of the molecule is CNCCCC(=O)Nc1cccc(-c2nc(C)co2)c1. The second-order valence-corrected chi connectivity index (χ2v) is 4.63. The number of carbonyl (C=O) groups is 1. The zero-order valence-electron chi connectivity index (χ0n) is 11.8. The summed E-state index contributed by atoms with van der Waals surface area (Å²) in [5.41, 5.74) is 2.44. The van der Waals surface area contributed by atoms with Crippen molar-refractivity contribution in [2.75, 3.05) is 18.9 Å². The topological polar surface area (TPSA) is 67.2 Å². The van der Waals surface area contributed by atoms with E-state index in [0.717, 1.165) is 29.9 Å². The Balaban J connectivity index is 2.01. The number of hydrogen-bond donors (Lipinski definition) is 2. The molecule has 5 nitrogen and oxygen atoms in total. The lowest BCUT2D eigenvalue weighted by Crippen LogP contribution is -2.15. The van der Waals surface area contributed by atoms with Crippen LogP contribution in [0.25, 0.3) is 11.5 Å². The van der Waals surface area contributed by atoms with Crippen molar-refractivity contribution in [2.45, 2.75) is 19.8 Å². The van der Waals surface area contributed by atoms with Gasteiger partial charge < -0.3 is 15.1 Å². The number of anilines is 1. The van der Waals surface area contributed by atoms with Crippen molar-refractivity contribution in [1.29, 1.82) is 0 Å². The van der Waals surface area contributed by atoms with Crippen LogP contribution in [0.3, 0.4) is 0 Å². The molecular weight excluding hydrogens is 254 g/mol. The minimum Gasteiger partial charge on any atom is -0.444 e. The van der Waals surface area contributed by atoms with E-state index < -0.39 is 0 Å². The van der Waals surface area contributed by atoms with Gasteiger partial charge in [0.25, 0.3) is 0 Å². The molecule has 0 aliphatic heterocycles. The van der Waals surface area contributed by atoms with E-state index in [2.05, 4.69) is 15.6 Å². The van der Waals surface area contributed by atoms with Crippen LogP contribution in [-0.4, -0.2) is 24.5 Å². The zero-order chi connectivity index (χ0) is 14.4. The summed E-state index contributed by atoms with van der Waals surface area (Å²) >= 11 is 0. The van der Waals surface area contributed by atoms with Crippen LogP contribution in [0.15, 0.2) is 34.9 Å². The molecule has 1 aromatic heterocycles. The van der Waals surface area contributed by atoms with Gasteiger partial charge in [-0.1, -0.05) is 6.07 Å². The fourth-order valence-corrected chi connectivity index (χ4v) is 1.87. The van der Waals surface area contributed by atoms with Gasteiger partial charge in [-0.05, 0) is 45.1 Å². The van der Waals surface area contributed by atoms with Gasteiger partial charge in [-0.15, -0.1) is 0 Å². The fourth-order valence-electron chi connectivity index (χ4n) is 1.87. The molecule has 0 saturated carbocycles. The van der Waals surface area contributed by atoms with Gasteiger partial charge >= 0.3 is 0 Å². The van der Waals surface area contributed by atoms with Gasteiger partial charge in [-0.3, -0.25) is 4.79 Å². The summed E-state index contributed by atoms with van der Waals surface area (Å²) in [6.45, 7) is 2.71. The van der Waals surface area contributed by atoms with Crippen molar-refractivity contribution < 1.29 is 9.21 Å². The lowest BCUT2D eigenvalue weighted by Gasteiger charge is -2.06. The zero-order valence-corrected chi connectivity index (χ0v) is 11.8. The van der Waals surface area contributed by atoms with E-state index in [-0.39, 0.29) is 5.91 Å². The molecule has 2 rings (SSSR count). The van der Waals surface area contributed by atoms with E-state index in [1.165, 1.54) is 0 Å². The van der Waals surface area contributed by atoms with Gasteiger partial charge in [0, 0.05) is 17.7 Å². The molecule has 2 N–H and O–H groups in total. The van der Waals surface area contributed by atoms with Crippen molar-refractivity contribution in [3.05, 3.63) is 36.2 Å². The minimum absolute atomic E-state index is 0.0148. The molecule has 5 heteroatoms. The first-order valence-electron chi connectivity index (χ1n) is 6.66. The van der Waals surface area contributed by atoms with Crippen molar-refractivity contribution >= 4 is 11.6 Å². The molecule has 106 valence electrons. The molecule has 0 aliphatic carbocycles. The predicted molar refractivity (Wildman–Crippen MR) is 78.5 cm³/mol. The number of aromatic nitrogens is 1. The second kappa shape index (κ2) is 6.86. The summed E-state index contributed by atoms with van der Waals surface area (Å²) in [6, 6.07) is 7.50. The number of nitrogens with zero attached hydrogens (tertiary/aromatic N) is 1. The first kappa shape index (κ1) is 14.3. The number of carbonyl (C=O) groups excluding carboxylic acids is 1. The van der Waals surface area contributed by atoms with Crippen LogP contribution >= 0.6 is 0 Å². The number of amides is 1. The monoisotopic (exact) mass is 273 g/mol. The first-order valence-corrected chi connectivity index (χ1v) is 6.66. The third-order valence-electron chi connectivity index (χ3n) is 2.84. The number of aryl methyl sites for hydroxylation is 1. The Kier molecular flexibility index (Phi) is 4.90. The highest BCUT2D eigenvalue weighted by atomic mass is 16.3. The third-order valence-corrected chi connectivity index (χ3v) is 2.84. The largest absolute Gasteiger partial charge is 0.444 e. The molecule has 1 amide bonds. The van der Waals surface area contributed by atoms with Gasteiger partial charge in [-0.25, -0.2) is 4.98 Å². The number of hydrogen-bond acceptors (Lipinski definition) is 4. The van der Waals surface area contributed by atoms with Crippen LogP contribution in [0.4, 0.5) is 5.69 Å². The van der Waals surface area contributed by atoms with Gasteiger partial charge in [0.15, 0.2) is 0 Å². The van der Waals surface area contributed by atoms with E-state index in [9.17, 15) is 4.79 Å². The highest BCUT2D eigenvalue weighted by Gasteiger charge is 2.07. The van der Waals surface area contributed by atoms with E-state index in [1.54, 1.807) is 6.26 Å². The molecule has 20 heavy (non-hydrogen) atoms. The Morgan fingerprint density at radius 2 is 2.25 bits per heavy atom. The third kappa shape index (κ3) is 3.93. The molecule has 0 bridgehead atoms. The molecule has 2 aromatic rings. The molecule has 0 atom stereocenters. The summed E-state index contributed by atoms with van der Waals surface area (Å²) in [5.74, 6) is 0.578. The predicted octanol–water partition coefficient (Wildman–Crippen LogP) is 2.59. The maximum Gasteiger partial charge on any atom is 0.226 e. The quantitative estimate of drug-likeness (QED) is 0.794.